The second-order valence-electron chi connectivity index (χ2n) is 19.6. The molecule has 0 heterocycles. The number of carbonyl (C=O) groups excluding carboxylic acids is 3. The highest BCUT2D eigenvalue weighted by atomic mass is 16.6. The highest BCUT2D eigenvalue weighted by molar-refractivity contribution is 5.71. The van der Waals surface area contributed by atoms with Gasteiger partial charge in [0.2, 0.25) is 0 Å². The minimum absolute atomic E-state index is 0.0728. The lowest BCUT2D eigenvalue weighted by molar-refractivity contribution is -0.167. The SMILES string of the molecule is CCCCCC/C=C\C/C=C\CCCCCCCC(=O)OC(COC(=O)CCCCCCCC)COC(=O)CCCCCCCCCCCCCCCCCCCCCCCCCCC. The lowest BCUT2D eigenvalue weighted by Gasteiger charge is -2.18. The van der Waals surface area contributed by atoms with Crippen molar-refractivity contribution < 1.29 is 28.6 Å². The Morgan fingerprint density at radius 3 is 0.862 bits per heavy atom. The van der Waals surface area contributed by atoms with Gasteiger partial charge in [0.1, 0.15) is 13.2 Å². The summed E-state index contributed by atoms with van der Waals surface area (Å²) in [6, 6.07) is 0. The number of carbonyl (C=O) groups is 3. The number of allylic oxidation sites excluding steroid dienone is 4. The monoisotopic (exact) mass is 915 g/mol. The maximum absolute atomic E-state index is 12.8. The van der Waals surface area contributed by atoms with E-state index in [9.17, 15) is 14.4 Å². The lowest BCUT2D eigenvalue weighted by Crippen LogP contribution is -2.30. The number of hydrogen-bond donors (Lipinski definition) is 0. The molecular formula is C59H110O6. The Kier molecular flexibility index (Phi) is 52.7. The van der Waals surface area contributed by atoms with Crippen molar-refractivity contribution in [3.05, 3.63) is 24.3 Å². The Bertz CT molecular complexity index is 1050. The number of unbranched alkanes of at least 4 members (excludes halogenated alkanes) is 38. The molecule has 6 heteroatoms. The first kappa shape index (κ1) is 62.9. The van der Waals surface area contributed by atoms with Crippen LogP contribution in [0.15, 0.2) is 24.3 Å². The molecule has 0 bridgehead atoms. The largest absolute Gasteiger partial charge is 0.462 e. The van der Waals surface area contributed by atoms with Crippen LogP contribution in [0.25, 0.3) is 0 Å². The maximum Gasteiger partial charge on any atom is 0.306 e. The number of ether oxygens (including phenoxy) is 3. The van der Waals surface area contributed by atoms with Crippen molar-refractivity contribution in [1.29, 1.82) is 0 Å². The van der Waals surface area contributed by atoms with Crippen LogP contribution < -0.4 is 0 Å². The summed E-state index contributed by atoms with van der Waals surface area (Å²) < 4.78 is 16.7. The van der Waals surface area contributed by atoms with E-state index >= 15 is 0 Å². The summed E-state index contributed by atoms with van der Waals surface area (Å²) in [4.78, 5) is 37.8. The molecule has 0 aromatic heterocycles. The molecule has 0 aliphatic rings. The number of hydrogen-bond acceptors (Lipinski definition) is 6. The van der Waals surface area contributed by atoms with Crippen LogP contribution in [0.2, 0.25) is 0 Å². The molecule has 0 fully saturated rings. The van der Waals surface area contributed by atoms with E-state index in [1.165, 1.54) is 199 Å². The predicted octanol–water partition coefficient (Wildman–Crippen LogP) is 19.1. The van der Waals surface area contributed by atoms with E-state index in [2.05, 4.69) is 45.1 Å². The summed E-state index contributed by atoms with van der Waals surface area (Å²) in [7, 11) is 0. The molecule has 0 aromatic carbocycles. The first-order valence-corrected chi connectivity index (χ1v) is 28.8. The molecule has 0 saturated heterocycles. The van der Waals surface area contributed by atoms with E-state index < -0.39 is 6.10 Å². The highest BCUT2D eigenvalue weighted by Crippen LogP contribution is 2.17. The zero-order valence-corrected chi connectivity index (χ0v) is 43.8. The van der Waals surface area contributed by atoms with E-state index in [1.807, 2.05) is 0 Å². The van der Waals surface area contributed by atoms with Crippen molar-refractivity contribution in [2.75, 3.05) is 13.2 Å². The Morgan fingerprint density at radius 1 is 0.308 bits per heavy atom. The molecule has 0 spiro atoms. The van der Waals surface area contributed by atoms with E-state index in [0.29, 0.717) is 19.3 Å². The third-order valence-corrected chi connectivity index (χ3v) is 13.0. The van der Waals surface area contributed by atoms with Gasteiger partial charge in [-0.05, 0) is 51.4 Å². The topological polar surface area (TPSA) is 78.9 Å². The van der Waals surface area contributed by atoms with Gasteiger partial charge in [-0.25, -0.2) is 0 Å². The summed E-state index contributed by atoms with van der Waals surface area (Å²) in [6.45, 7) is 6.59. The van der Waals surface area contributed by atoms with Crippen molar-refractivity contribution >= 4 is 17.9 Å². The van der Waals surface area contributed by atoms with Gasteiger partial charge in [-0.3, -0.25) is 14.4 Å². The summed E-state index contributed by atoms with van der Waals surface area (Å²) in [6.07, 6.45) is 63.6. The maximum atomic E-state index is 12.8. The molecule has 0 aromatic rings. The van der Waals surface area contributed by atoms with Crippen molar-refractivity contribution in [3.63, 3.8) is 0 Å². The smallest absolute Gasteiger partial charge is 0.306 e. The molecule has 65 heavy (non-hydrogen) atoms. The molecule has 0 aliphatic heterocycles. The van der Waals surface area contributed by atoms with Crippen LogP contribution in [0.4, 0.5) is 0 Å². The fourth-order valence-electron chi connectivity index (χ4n) is 8.59. The Labute approximate surface area is 404 Å². The molecule has 6 nitrogen and oxygen atoms in total. The van der Waals surface area contributed by atoms with Gasteiger partial charge in [0, 0.05) is 19.3 Å². The second kappa shape index (κ2) is 54.5. The minimum atomic E-state index is -0.772. The Hall–Kier alpha value is -2.11. The molecule has 382 valence electrons. The average molecular weight is 916 g/mol. The van der Waals surface area contributed by atoms with E-state index in [-0.39, 0.29) is 31.1 Å². The van der Waals surface area contributed by atoms with E-state index in [1.54, 1.807) is 0 Å². The number of rotatable bonds is 53. The summed E-state index contributed by atoms with van der Waals surface area (Å²) in [5.74, 6) is -0.880. The zero-order chi connectivity index (χ0) is 47.2. The highest BCUT2D eigenvalue weighted by Gasteiger charge is 2.19. The first-order valence-electron chi connectivity index (χ1n) is 28.8. The molecule has 0 aliphatic carbocycles. The minimum Gasteiger partial charge on any atom is -0.462 e. The molecule has 1 atom stereocenters. The normalized spacial score (nSPS) is 12.1. The van der Waals surface area contributed by atoms with Crippen LogP contribution >= 0.6 is 0 Å². The van der Waals surface area contributed by atoms with Gasteiger partial charge < -0.3 is 14.2 Å². The van der Waals surface area contributed by atoms with Crippen LogP contribution in [-0.4, -0.2) is 37.2 Å². The Balaban J connectivity index is 4.06. The molecule has 0 radical (unpaired) electrons. The van der Waals surface area contributed by atoms with E-state index in [4.69, 9.17) is 14.2 Å². The number of esters is 3. The first-order chi connectivity index (χ1) is 32.0. The van der Waals surface area contributed by atoms with Gasteiger partial charge in [0.05, 0.1) is 0 Å². The average Bonchev–Trinajstić information content (AvgIpc) is 3.30. The van der Waals surface area contributed by atoms with Gasteiger partial charge in [0.15, 0.2) is 6.10 Å². The third-order valence-electron chi connectivity index (χ3n) is 13.0. The summed E-state index contributed by atoms with van der Waals surface area (Å²) in [5.41, 5.74) is 0. The van der Waals surface area contributed by atoms with Crippen LogP contribution in [0, 0.1) is 0 Å². The van der Waals surface area contributed by atoms with Gasteiger partial charge in [-0.2, -0.15) is 0 Å². The van der Waals surface area contributed by atoms with Crippen molar-refractivity contribution in [2.45, 2.75) is 322 Å². The standard InChI is InChI=1S/C59H110O6/c1-4-7-10-13-16-18-20-22-24-26-27-28-29-30-31-32-33-34-36-37-39-41-43-46-49-52-58(61)64-55-56(54-63-57(60)51-48-45-15-12-9-6-3)65-59(62)53-50-47-44-42-40-38-35-25-23-21-19-17-14-11-8-5-2/h19,21,25,35,56H,4-18,20,22-24,26-34,36-55H2,1-3H3/b21-19-,35-25-. The second-order valence-corrected chi connectivity index (χ2v) is 19.6. The van der Waals surface area contributed by atoms with Crippen LogP contribution in [0.3, 0.4) is 0 Å². The van der Waals surface area contributed by atoms with Crippen molar-refractivity contribution in [1.82, 2.24) is 0 Å². The van der Waals surface area contributed by atoms with Gasteiger partial charge in [-0.15, -0.1) is 0 Å². The van der Waals surface area contributed by atoms with Crippen LogP contribution in [0.5, 0.6) is 0 Å². The molecular weight excluding hydrogens is 805 g/mol. The van der Waals surface area contributed by atoms with E-state index in [0.717, 1.165) is 77.0 Å². The van der Waals surface area contributed by atoms with Gasteiger partial charge in [0.25, 0.3) is 0 Å². The predicted molar refractivity (Wildman–Crippen MR) is 279 cm³/mol. The fourth-order valence-corrected chi connectivity index (χ4v) is 8.59. The van der Waals surface area contributed by atoms with Crippen LogP contribution in [-0.2, 0) is 28.6 Å². The quantitative estimate of drug-likeness (QED) is 0.0262. The lowest BCUT2D eigenvalue weighted by atomic mass is 10.0. The van der Waals surface area contributed by atoms with Gasteiger partial charge in [-0.1, -0.05) is 270 Å². The Morgan fingerprint density at radius 2 is 0.554 bits per heavy atom. The molecule has 0 rings (SSSR count). The molecule has 1 unspecified atom stereocenters. The summed E-state index contributed by atoms with van der Waals surface area (Å²) >= 11 is 0. The van der Waals surface area contributed by atoms with Crippen molar-refractivity contribution in [3.8, 4) is 0 Å². The van der Waals surface area contributed by atoms with Crippen molar-refractivity contribution in [2.24, 2.45) is 0 Å². The van der Waals surface area contributed by atoms with Gasteiger partial charge >= 0.3 is 17.9 Å². The summed E-state index contributed by atoms with van der Waals surface area (Å²) in [5, 5.41) is 0. The fraction of sp³-hybridized carbons (Fsp3) is 0.881. The molecule has 0 N–H and O–H groups in total. The molecule has 0 amide bonds. The van der Waals surface area contributed by atoms with Crippen LogP contribution in [0.1, 0.15) is 316 Å². The molecule has 0 saturated carbocycles. The zero-order valence-electron chi connectivity index (χ0n) is 43.8. The third kappa shape index (κ3) is 52.7.